The Balaban J connectivity index is 2.13. The van der Waals surface area contributed by atoms with Gasteiger partial charge in [0.15, 0.2) is 0 Å². The molecule has 1 saturated carbocycles. The maximum atomic E-state index is 12.0. The lowest BCUT2D eigenvalue weighted by atomic mass is 9.72. The Labute approximate surface area is 134 Å². The summed E-state index contributed by atoms with van der Waals surface area (Å²) in [6.07, 6.45) is 5.49. The van der Waals surface area contributed by atoms with Crippen LogP contribution in [-0.2, 0) is 14.3 Å². The Kier molecular flexibility index (Phi) is 9.13. The predicted molar refractivity (Wildman–Crippen MR) is 87.4 cm³/mol. The molecule has 1 aliphatic rings. The van der Waals surface area contributed by atoms with Crippen LogP contribution in [0.3, 0.4) is 0 Å². The zero-order valence-electron chi connectivity index (χ0n) is 14.3. The van der Waals surface area contributed by atoms with E-state index in [0.29, 0.717) is 50.3 Å². The summed E-state index contributed by atoms with van der Waals surface area (Å²) in [6, 6.07) is 0. The number of ether oxygens (including phenoxy) is 1. The highest BCUT2D eigenvalue weighted by Gasteiger charge is 2.29. The molecule has 1 rings (SSSR count). The van der Waals surface area contributed by atoms with Gasteiger partial charge in [-0.3, -0.25) is 9.59 Å². The van der Waals surface area contributed by atoms with E-state index < -0.39 is 0 Å². The number of carbonyl (C=O) groups is 2. The van der Waals surface area contributed by atoms with Crippen molar-refractivity contribution < 1.29 is 14.3 Å². The van der Waals surface area contributed by atoms with Crippen LogP contribution in [0.5, 0.6) is 0 Å². The first-order valence-electron chi connectivity index (χ1n) is 8.57. The molecule has 1 fully saturated rings. The zero-order valence-corrected chi connectivity index (χ0v) is 14.3. The van der Waals surface area contributed by atoms with Gasteiger partial charge in [-0.1, -0.05) is 33.1 Å². The average molecular weight is 312 g/mol. The van der Waals surface area contributed by atoms with Gasteiger partial charge in [0.05, 0.1) is 0 Å². The largest absolute Gasteiger partial charge is 0.385 e. The number of rotatable bonds is 9. The molecule has 22 heavy (non-hydrogen) atoms. The van der Waals surface area contributed by atoms with Crippen LogP contribution in [0.2, 0.25) is 0 Å². The molecule has 128 valence electrons. The molecular weight excluding hydrogens is 280 g/mol. The minimum Gasteiger partial charge on any atom is -0.385 e. The lowest BCUT2D eigenvalue weighted by Gasteiger charge is -2.34. The van der Waals surface area contributed by atoms with Crippen LogP contribution < -0.4 is 10.6 Å². The third-order valence-corrected chi connectivity index (χ3v) is 4.72. The van der Waals surface area contributed by atoms with E-state index in [4.69, 9.17) is 4.74 Å². The van der Waals surface area contributed by atoms with Gasteiger partial charge in [0, 0.05) is 39.6 Å². The van der Waals surface area contributed by atoms with Crippen LogP contribution in [0.15, 0.2) is 0 Å². The van der Waals surface area contributed by atoms with Gasteiger partial charge in [0.2, 0.25) is 11.8 Å². The van der Waals surface area contributed by atoms with Crippen molar-refractivity contribution >= 4 is 11.8 Å². The molecule has 0 aliphatic heterocycles. The SMILES string of the molecule is COCCCNC(=O)CCNC(=O)CC1C(C)CCCC1C. The minimum atomic E-state index is -0.0178. The van der Waals surface area contributed by atoms with Gasteiger partial charge in [-0.15, -0.1) is 0 Å². The molecule has 5 nitrogen and oxygen atoms in total. The number of carbonyl (C=O) groups excluding carboxylic acids is 2. The Bertz CT molecular complexity index is 337. The summed E-state index contributed by atoms with van der Waals surface area (Å²) >= 11 is 0. The van der Waals surface area contributed by atoms with Crippen LogP contribution in [-0.4, -0.2) is 38.6 Å². The van der Waals surface area contributed by atoms with Gasteiger partial charge in [0.1, 0.15) is 0 Å². The van der Waals surface area contributed by atoms with Gasteiger partial charge in [-0.25, -0.2) is 0 Å². The number of hydrogen-bond acceptors (Lipinski definition) is 3. The summed E-state index contributed by atoms with van der Waals surface area (Å²) < 4.78 is 4.92. The van der Waals surface area contributed by atoms with E-state index in [1.807, 2.05) is 0 Å². The highest BCUT2D eigenvalue weighted by molar-refractivity contribution is 5.79. The van der Waals surface area contributed by atoms with Crippen molar-refractivity contribution in [1.82, 2.24) is 10.6 Å². The summed E-state index contributed by atoms with van der Waals surface area (Å²) in [5.41, 5.74) is 0. The Morgan fingerprint density at radius 1 is 1.05 bits per heavy atom. The van der Waals surface area contributed by atoms with E-state index >= 15 is 0 Å². The van der Waals surface area contributed by atoms with Crippen LogP contribution in [0.4, 0.5) is 0 Å². The number of hydrogen-bond donors (Lipinski definition) is 2. The van der Waals surface area contributed by atoms with Crippen molar-refractivity contribution in [2.45, 2.75) is 52.4 Å². The molecule has 0 saturated heterocycles. The molecule has 0 bridgehead atoms. The Hall–Kier alpha value is -1.10. The first kappa shape index (κ1) is 18.9. The second kappa shape index (κ2) is 10.6. The third-order valence-electron chi connectivity index (χ3n) is 4.72. The smallest absolute Gasteiger partial charge is 0.221 e. The monoisotopic (exact) mass is 312 g/mol. The van der Waals surface area contributed by atoms with Crippen molar-refractivity contribution in [2.75, 3.05) is 26.8 Å². The molecule has 0 aromatic rings. The summed E-state index contributed by atoms with van der Waals surface area (Å²) in [5.74, 6) is 1.79. The van der Waals surface area contributed by atoms with Crippen molar-refractivity contribution in [3.8, 4) is 0 Å². The maximum Gasteiger partial charge on any atom is 0.221 e. The lowest BCUT2D eigenvalue weighted by molar-refractivity contribution is -0.123. The van der Waals surface area contributed by atoms with Crippen LogP contribution in [0.1, 0.15) is 52.4 Å². The van der Waals surface area contributed by atoms with Gasteiger partial charge in [0.25, 0.3) is 0 Å². The first-order valence-corrected chi connectivity index (χ1v) is 8.57. The minimum absolute atomic E-state index is 0.0178. The fourth-order valence-corrected chi connectivity index (χ4v) is 3.29. The van der Waals surface area contributed by atoms with E-state index in [1.165, 1.54) is 19.3 Å². The van der Waals surface area contributed by atoms with E-state index in [1.54, 1.807) is 7.11 Å². The fourth-order valence-electron chi connectivity index (χ4n) is 3.29. The van der Waals surface area contributed by atoms with Crippen LogP contribution in [0.25, 0.3) is 0 Å². The summed E-state index contributed by atoms with van der Waals surface area (Å²) in [5, 5.41) is 5.70. The van der Waals surface area contributed by atoms with Gasteiger partial charge >= 0.3 is 0 Å². The van der Waals surface area contributed by atoms with E-state index in [9.17, 15) is 9.59 Å². The van der Waals surface area contributed by atoms with Crippen molar-refractivity contribution in [3.63, 3.8) is 0 Å². The highest BCUT2D eigenvalue weighted by atomic mass is 16.5. The zero-order chi connectivity index (χ0) is 16.4. The first-order chi connectivity index (χ1) is 10.5. The van der Waals surface area contributed by atoms with Crippen molar-refractivity contribution in [1.29, 1.82) is 0 Å². The predicted octanol–water partition coefficient (Wildman–Crippen LogP) is 2.11. The molecular formula is C17H32N2O3. The lowest BCUT2D eigenvalue weighted by Crippen LogP contribution is -2.35. The highest BCUT2D eigenvalue weighted by Crippen LogP contribution is 2.36. The molecule has 2 N–H and O–H groups in total. The van der Waals surface area contributed by atoms with Crippen molar-refractivity contribution in [2.24, 2.45) is 17.8 Å². The molecule has 0 radical (unpaired) electrons. The number of nitrogens with one attached hydrogen (secondary N) is 2. The third kappa shape index (κ3) is 7.25. The molecule has 0 heterocycles. The molecule has 2 amide bonds. The van der Waals surface area contributed by atoms with Crippen molar-refractivity contribution in [3.05, 3.63) is 0 Å². The van der Waals surface area contributed by atoms with Crippen LogP contribution >= 0.6 is 0 Å². The van der Waals surface area contributed by atoms with E-state index in [2.05, 4.69) is 24.5 Å². The molecule has 1 aliphatic carbocycles. The average Bonchev–Trinajstić information content (AvgIpc) is 2.48. The Morgan fingerprint density at radius 2 is 1.68 bits per heavy atom. The van der Waals surface area contributed by atoms with Gasteiger partial charge < -0.3 is 15.4 Å². The normalized spacial score (nSPS) is 24.8. The topological polar surface area (TPSA) is 67.4 Å². The quantitative estimate of drug-likeness (QED) is 0.641. The van der Waals surface area contributed by atoms with Gasteiger partial charge in [-0.2, -0.15) is 0 Å². The Morgan fingerprint density at radius 3 is 2.32 bits per heavy atom. The second-order valence-corrected chi connectivity index (χ2v) is 6.55. The van der Waals surface area contributed by atoms with E-state index in [-0.39, 0.29) is 11.8 Å². The molecule has 0 spiro atoms. The van der Waals surface area contributed by atoms with Crippen LogP contribution in [0, 0.1) is 17.8 Å². The fraction of sp³-hybridized carbons (Fsp3) is 0.882. The van der Waals surface area contributed by atoms with E-state index in [0.717, 1.165) is 6.42 Å². The number of methoxy groups -OCH3 is 1. The molecule has 2 atom stereocenters. The molecule has 2 unspecified atom stereocenters. The van der Waals surface area contributed by atoms with Gasteiger partial charge in [-0.05, 0) is 24.2 Å². The standard InChI is InChI=1S/C17H32N2O3/c1-13-6-4-7-14(2)15(13)12-17(21)19-10-8-16(20)18-9-5-11-22-3/h13-15H,4-12H2,1-3H3,(H,18,20)(H,19,21). The summed E-state index contributed by atoms with van der Waals surface area (Å²) in [7, 11) is 1.64. The molecule has 0 aromatic heterocycles. The number of amides is 2. The summed E-state index contributed by atoms with van der Waals surface area (Å²) in [4.78, 5) is 23.6. The molecule has 0 aromatic carbocycles. The molecule has 5 heteroatoms. The summed E-state index contributed by atoms with van der Waals surface area (Å²) in [6.45, 7) is 6.19. The maximum absolute atomic E-state index is 12.0. The second-order valence-electron chi connectivity index (χ2n) is 6.55.